The smallest absolute Gasteiger partial charge is 0.405 e. The summed E-state index contributed by atoms with van der Waals surface area (Å²) in [7, 11) is 1.30. The highest BCUT2D eigenvalue weighted by Gasteiger charge is 2.48. The molecule has 0 spiro atoms. The molecule has 4 rings (SSSR count). The number of aromatic hydroxyl groups is 1. The lowest BCUT2D eigenvalue weighted by atomic mass is 10.2. The number of alkyl halides is 3. The van der Waals surface area contributed by atoms with Gasteiger partial charge in [-0.15, -0.1) is 0 Å². The summed E-state index contributed by atoms with van der Waals surface area (Å²) < 4.78 is 87.2. The van der Waals surface area contributed by atoms with Gasteiger partial charge in [-0.3, -0.25) is 9.80 Å². The van der Waals surface area contributed by atoms with Gasteiger partial charge in [-0.25, -0.2) is 18.6 Å². The van der Waals surface area contributed by atoms with Crippen molar-refractivity contribution in [1.82, 2.24) is 10.7 Å². The summed E-state index contributed by atoms with van der Waals surface area (Å²) in [6.07, 6.45) is -6.59. The fourth-order valence-corrected chi connectivity index (χ4v) is 4.08. The average Bonchev–Trinajstić information content (AvgIpc) is 3.29. The van der Waals surface area contributed by atoms with Gasteiger partial charge in [0.05, 0.1) is 12.8 Å². The molecule has 212 valence electrons. The number of rotatable bonds is 5. The van der Waals surface area contributed by atoms with E-state index < -0.39 is 54.1 Å². The van der Waals surface area contributed by atoms with Crippen LogP contribution in [-0.4, -0.2) is 42.5 Å². The molecule has 3 aromatic rings. The van der Waals surface area contributed by atoms with Gasteiger partial charge in [-0.05, 0) is 36.4 Å². The molecule has 2 atom stereocenters. The molecule has 1 fully saturated rings. The number of methoxy groups -OCH3 is 1. The van der Waals surface area contributed by atoms with Gasteiger partial charge in [-0.2, -0.15) is 18.2 Å². The van der Waals surface area contributed by atoms with Gasteiger partial charge in [-0.1, -0.05) is 11.6 Å². The van der Waals surface area contributed by atoms with Crippen LogP contribution in [0.1, 0.15) is 16.8 Å². The van der Waals surface area contributed by atoms with Gasteiger partial charge in [0, 0.05) is 40.9 Å². The Morgan fingerprint density at radius 3 is 2.50 bits per heavy atom. The minimum Gasteiger partial charge on any atom is -0.508 e. The number of hydrogen-bond acceptors (Lipinski definition) is 5. The van der Waals surface area contributed by atoms with Crippen LogP contribution in [0, 0.1) is 17.5 Å². The minimum atomic E-state index is -4.70. The fraction of sp³-hybridized carbons (Fsp3) is 0.200. The van der Waals surface area contributed by atoms with Crippen molar-refractivity contribution in [2.45, 2.75) is 24.8 Å². The summed E-state index contributed by atoms with van der Waals surface area (Å²) in [5, 5.41) is 16.3. The van der Waals surface area contributed by atoms with Crippen LogP contribution >= 0.6 is 11.6 Å². The van der Waals surface area contributed by atoms with Crippen LogP contribution in [0.3, 0.4) is 0 Å². The maximum absolute atomic E-state index is 14.0. The quantitative estimate of drug-likeness (QED) is 0.182. The van der Waals surface area contributed by atoms with Crippen LogP contribution in [0.25, 0.3) is 0 Å². The number of carbonyl (C=O) groups excluding carboxylic acids is 1. The average molecular weight is 588 g/mol. The number of phenols is 1. The Kier molecular flexibility index (Phi) is 8.30. The first-order valence-electron chi connectivity index (χ1n) is 11.4. The molecule has 0 radical (unpaired) electrons. The Morgan fingerprint density at radius 1 is 1.10 bits per heavy atom. The normalized spacial score (nSPS) is 17.6. The van der Waals surface area contributed by atoms with Crippen LogP contribution in [0.15, 0.2) is 59.6 Å². The number of nitrogens with one attached hydrogen (secondary N) is 3. The Hall–Kier alpha value is -4.17. The third kappa shape index (κ3) is 6.87. The lowest BCUT2D eigenvalue weighted by molar-refractivity contribution is -0.152. The molecule has 1 heterocycles. The van der Waals surface area contributed by atoms with Gasteiger partial charge in [0.25, 0.3) is 5.91 Å². The lowest BCUT2D eigenvalue weighted by Gasteiger charge is -2.28. The summed E-state index contributed by atoms with van der Waals surface area (Å²) in [5.74, 6) is -5.03. The first-order valence-corrected chi connectivity index (χ1v) is 11.8. The highest BCUT2D eigenvalue weighted by Crippen LogP contribution is 2.34. The molecule has 1 aliphatic rings. The molecule has 0 saturated carbocycles. The topological polar surface area (TPSA) is 98.2 Å². The molecule has 1 amide bonds. The monoisotopic (exact) mass is 587 g/mol. The zero-order valence-electron chi connectivity index (χ0n) is 20.4. The van der Waals surface area contributed by atoms with Gasteiger partial charge < -0.3 is 20.5 Å². The Balaban J connectivity index is 1.73. The van der Waals surface area contributed by atoms with Crippen molar-refractivity contribution in [2.75, 3.05) is 17.4 Å². The van der Waals surface area contributed by atoms with Crippen molar-refractivity contribution < 1.29 is 41.0 Å². The molecule has 8 nitrogen and oxygen atoms in total. The largest absolute Gasteiger partial charge is 0.508 e. The number of guanidine groups is 1. The van der Waals surface area contributed by atoms with Gasteiger partial charge in [0.2, 0.25) is 5.96 Å². The second kappa shape index (κ2) is 11.5. The van der Waals surface area contributed by atoms with Crippen molar-refractivity contribution in [1.29, 1.82) is 0 Å². The summed E-state index contributed by atoms with van der Waals surface area (Å²) in [4.78, 5) is 16.6. The second-order valence-electron chi connectivity index (χ2n) is 8.56. The lowest BCUT2D eigenvalue weighted by Crippen LogP contribution is -2.51. The third-order valence-electron chi connectivity index (χ3n) is 5.66. The number of halogens is 7. The molecule has 1 saturated heterocycles. The zero-order chi connectivity index (χ0) is 29.2. The Labute approximate surface area is 228 Å². The number of nitrogens with zero attached hydrogens (tertiary/aromatic N) is 2. The van der Waals surface area contributed by atoms with Gasteiger partial charge >= 0.3 is 6.18 Å². The molecule has 4 N–H and O–H groups in total. The first kappa shape index (κ1) is 28.8. The number of aliphatic imine (C=N–C) groups is 1. The second-order valence-corrected chi connectivity index (χ2v) is 8.99. The number of anilines is 2. The SMILES string of the molecule is COc1cc(O)cc(N2NC(C(F)(F)F)CC2N/C(=N\C(=O)c2ccc(F)c(F)c2)Nc2cc(F)cc(Cl)c2)c1. The van der Waals surface area contributed by atoms with E-state index in [0.717, 1.165) is 23.2 Å². The van der Waals surface area contributed by atoms with E-state index in [4.69, 9.17) is 16.3 Å². The molecule has 1 aliphatic heterocycles. The molecule has 40 heavy (non-hydrogen) atoms. The van der Waals surface area contributed by atoms with E-state index >= 15 is 0 Å². The standard InChI is InChI=1S/C25H20ClF6N5O3/c1-40-18-9-16(8-17(38)10-18)37-22(11-21(36-37)25(30,31)32)34-24(33-15-6-13(26)5-14(27)7-15)35-23(39)12-2-3-19(28)20(29)4-12/h2-10,21-22,36,38H,11H2,1H3,(H2,33,34,35,39). The van der Waals surface area contributed by atoms with Crippen LogP contribution < -0.4 is 25.8 Å². The van der Waals surface area contributed by atoms with Gasteiger partial charge in [0.1, 0.15) is 29.5 Å². The van der Waals surface area contributed by atoms with E-state index in [1.165, 1.54) is 31.4 Å². The predicted molar refractivity (Wildman–Crippen MR) is 135 cm³/mol. The molecule has 0 aromatic heterocycles. The predicted octanol–water partition coefficient (Wildman–Crippen LogP) is 5.34. The van der Waals surface area contributed by atoms with Crippen LogP contribution in [0.2, 0.25) is 5.02 Å². The van der Waals surface area contributed by atoms with Crippen LogP contribution in [0.4, 0.5) is 37.7 Å². The summed E-state index contributed by atoms with van der Waals surface area (Å²) >= 11 is 5.89. The van der Waals surface area contributed by atoms with E-state index in [1.54, 1.807) is 0 Å². The summed E-state index contributed by atoms with van der Waals surface area (Å²) in [6.45, 7) is 0. The number of benzene rings is 3. The van der Waals surface area contributed by atoms with E-state index in [1.807, 2.05) is 0 Å². The van der Waals surface area contributed by atoms with Crippen molar-refractivity contribution in [3.8, 4) is 11.5 Å². The fourth-order valence-electron chi connectivity index (χ4n) is 3.86. The maximum atomic E-state index is 14.0. The van der Waals surface area contributed by atoms with E-state index in [-0.39, 0.29) is 33.5 Å². The first-order chi connectivity index (χ1) is 18.8. The number of hydrazine groups is 1. The molecule has 15 heteroatoms. The number of ether oxygens (including phenoxy) is 1. The number of hydrogen-bond donors (Lipinski definition) is 4. The Morgan fingerprint density at radius 2 is 1.85 bits per heavy atom. The molecule has 0 aliphatic carbocycles. The molecule has 3 aromatic carbocycles. The van der Waals surface area contributed by atoms with E-state index in [2.05, 4.69) is 21.1 Å². The summed E-state index contributed by atoms with van der Waals surface area (Å²) in [6, 6.07) is 7.20. The number of amides is 1. The van der Waals surface area contributed by atoms with Crippen molar-refractivity contribution in [3.05, 3.63) is 82.6 Å². The minimum absolute atomic E-state index is 0.0294. The zero-order valence-corrected chi connectivity index (χ0v) is 21.1. The van der Waals surface area contributed by atoms with E-state index in [9.17, 15) is 36.2 Å². The molecular weight excluding hydrogens is 568 g/mol. The highest BCUT2D eigenvalue weighted by atomic mass is 35.5. The van der Waals surface area contributed by atoms with Crippen LogP contribution in [0.5, 0.6) is 11.5 Å². The summed E-state index contributed by atoms with van der Waals surface area (Å²) in [5.41, 5.74) is 1.96. The van der Waals surface area contributed by atoms with Crippen molar-refractivity contribution in [2.24, 2.45) is 4.99 Å². The van der Waals surface area contributed by atoms with Gasteiger partial charge in [0.15, 0.2) is 11.6 Å². The van der Waals surface area contributed by atoms with Crippen molar-refractivity contribution >= 4 is 34.8 Å². The highest BCUT2D eigenvalue weighted by molar-refractivity contribution is 6.31. The Bertz CT molecular complexity index is 1430. The molecule has 2 unspecified atom stereocenters. The third-order valence-corrected chi connectivity index (χ3v) is 5.88. The maximum Gasteiger partial charge on any atom is 0.405 e. The molecular formula is C25H20ClF6N5O3. The molecule has 0 bridgehead atoms. The van der Waals surface area contributed by atoms with E-state index in [0.29, 0.717) is 12.1 Å². The number of phenolic OH excluding ortho intramolecular Hbond substituents is 1. The van der Waals surface area contributed by atoms with Crippen LogP contribution in [-0.2, 0) is 0 Å². The number of carbonyl (C=O) groups is 1. The van der Waals surface area contributed by atoms with Crippen molar-refractivity contribution in [3.63, 3.8) is 0 Å².